The Kier molecular flexibility index (Phi) is 5.23. The summed E-state index contributed by atoms with van der Waals surface area (Å²) in [5.74, 6) is 0.990. The van der Waals surface area contributed by atoms with Gasteiger partial charge in [0.05, 0.1) is 16.9 Å². The summed E-state index contributed by atoms with van der Waals surface area (Å²) in [7, 11) is 0. The number of aromatic amines is 1. The van der Waals surface area contributed by atoms with E-state index in [-0.39, 0.29) is 5.78 Å². The third-order valence-corrected chi connectivity index (χ3v) is 5.60. The van der Waals surface area contributed by atoms with E-state index in [0.717, 1.165) is 52.5 Å². The maximum absolute atomic E-state index is 12.8. The number of nitrogens with zero attached hydrogens (tertiary/aromatic N) is 1. The van der Waals surface area contributed by atoms with Gasteiger partial charge in [0.1, 0.15) is 5.82 Å². The Balaban J connectivity index is 1.50. The van der Waals surface area contributed by atoms with E-state index in [1.54, 1.807) is 6.20 Å². The summed E-state index contributed by atoms with van der Waals surface area (Å²) in [4.78, 5) is 20.8. The predicted octanol–water partition coefficient (Wildman–Crippen LogP) is 5.95. The summed E-state index contributed by atoms with van der Waals surface area (Å²) in [6, 6.07) is 24.2. The average molecular weight is 409 g/mol. The molecule has 1 aliphatic rings. The molecule has 0 saturated heterocycles. The molecule has 0 bridgehead atoms. The highest BCUT2D eigenvalue weighted by molar-refractivity contribution is 6.07. The minimum Gasteiger partial charge on any atom is -0.366 e. The Bertz CT molecular complexity index is 1200. The molecule has 2 aromatic carbocycles. The molecule has 0 radical (unpaired) electrons. The Morgan fingerprint density at radius 2 is 1.71 bits per heavy atom. The van der Waals surface area contributed by atoms with Crippen LogP contribution in [0.25, 0.3) is 11.3 Å². The van der Waals surface area contributed by atoms with E-state index in [2.05, 4.69) is 32.7 Å². The molecule has 31 heavy (non-hydrogen) atoms. The van der Waals surface area contributed by atoms with Crippen molar-refractivity contribution in [3.05, 3.63) is 95.8 Å². The van der Waals surface area contributed by atoms with Crippen molar-refractivity contribution in [3.8, 4) is 11.3 Å². The zero-order chi connectivity index (χ0) is 21.0. The Hall–Kier alpha value is -3.86. The van der Waals surface area contributed by atoms with Gasteiger partial charge in [0, 0.05) is 36.1 Å². The lowest BCUT2D eigenvalue weighted by molar-refractivity contribution is 0.0973. The maximum atomic E-state index is 12.8. The molecular formula is C26H24N4O. The van der Waals surface area contributed by atoms with E-state index in [0.29, 0.717) is 13.0 Å². The van der Waals surface area contributed by atoms with Crippen LogP contribution in [0.1, 0.15) is 34.5 Å². The highest BCUT2D eigenvalue weighted by Crippen LogP contribution is 2.39. The first-order chi connectivity index (χ1) is 15.3. The number of anilines is 3. The first-order valence-electron chi connectivity index (χ1n) is 10.6. The van der Waals surface area contributed by atoms with Crippen molar-refractivity contribution in [2.24, 2.45) is 0 Å². The van der Waals surface area contributed by atoms with Gasteiger partial charge in [-0.3, -0.25) is 4.79 Å². The van der Waals surface area contributed by atoms with Crippen molar-refractivity contribution in [1.82, 2.24) is 9.97 Å². The number of aryl methyl sites for hydroxylation is 1. The van der Waals surface area contributed by atoms with Crippen LogP contribution in [0.5, 0.6) is 0 Å². The van der Waals surface area contributed by atoms with Gasteiger partial charge in [-0.05, 0) is 42.7 Å². The standard InChI is InChI=1S/C26H24N4O/c31-22-13-7-12-21-24(22)26(29-20-10-5-2-6-11-20)25(30-21)19-14-15-27-23(16-19)28-17-18-8-3-1-4-9-18/h1-6,8-11,14-16,29-30H,7,12-13,17H2,(H,27,28). The first kappa shape index (κ1) is 19.1. The van der Waals surface area contributed by atoms with E-state index in [1.165, 1.54) is 5.56 Å². The molecule has 5 heteroatoms. The molecule has 0 aliphatic heterocycles. The van der Waals surface area contributed by atoms with Gasteiger partial charge in [-0.15, -0.1) is 0 Å². The first-order valence-corrected chi connectivity index (χ1v) is 10.6. The summed E-state index contributed by atoms with van der Waals surface area (Å²) >= 11 is 0. The molecule has 1 aliphatic carbocycles. The number of rotatable bonds is 6. The van der Waals surface area contributed by atoms with E-state index in [1.807, 2.05) is 60.7 Å². The second-order valence-electron chi connectivity index (χ2n) is 7.77. The second-order valence-corrected chi connectivity index (χ2v) is 7.77. The highest BCUT2D eigenvalue weighted by Gasteiger charge is 2.27. The third kappa shape index (κ3) is 4.08. The van der Waals surface area contributed by atoms with Gasteiger partial charge in [0.15, 0.2) is 5.78 Å². The molecule has 154 valence electrons. The Morgan fingerprint density at radius 3 is 2.52 bits per heavy atom. The smallest absolute Gasteiger partial charge is 0.166 e. The van der Waals surface area contributed by atoms with Crippen molar-refractivity contribution in [3.63, 3.8) is 0 Å². The number of hydrogen-bond acceptors (Lipinski definition) is 4. The Morgan fingerprint density at radius 1 is 0.935 bits per heavy atom. The molecule has 5 rings (SSSR count). The Labute approximate surface area is 181 Å². The number of nitrogens with one attached hydrogen (secondary N) is 3. The fourth-order valence-corrected chi connectivity index (χ4v) is 4.08. The number of aromatic nitrogens is 2. The van der Waals surface area contributed by atoms with Crippen LogP contribution >= 0.6 is 0 Å². The molecule has 5 nitrogen and oxygen atoms in total. The fourth-order valence-electron chi connectivity index (χ4n) is 4.08. The molecule has 0 spiro atoms. The lowest BCUT2D eigenvalue weighted by Crippen LogP contribution is -2.10. The van der Waals surface area contributed by atoms with Crippen LogP contribution in [0.2, 0.25) is 0 Å². The minimum atomic E-state index is 0.193. The molecule has 2 aromatic heterocycles. The molecule has 4 aromatic rings. The van der Waals surface area contributed by atoms with Crippen molar-refractivity contribution < 1.29 is 4.79 Å². The number of pyridine rings is 1. The average Bonchev–Trinajstić information content (AvgIpc) is 3.19. The minimum absolute atomic E-state index is 0.193. The van der Waals surface area contributed by atoms with Crippen LogP contribution in [0.15, 0.2) is 79.0 Å². The number of hydrogen-bond donors (Lipinski definition) is 3. The number of para-hydroxylation sites is 1. The van der Waals surface area contributed by atoms with E-state index in [4.69, 9.17) is 0 Å². The van der Waals surface area contributed by atoms with Gasteiger partial charge in [0.25, 0.3) is 0 Å². The summed E-state index contributed by atoms with van der Waals surface area (Å²) in [5.41, 5.74) is 6.73. The largest absolute Gasteiger partial charge is 0.366 e. The molecule has 0 amide bonds. The molecular weight excluding hydrogens is 384 g/mol. The number of fused-ring (bicyclic) bond motifs is 1. The van der Waals surface area contributed by atoms with E-state index in [9.17, 15) is 4.79 Å². The zero-order valence-electron chi connectivity index (χ0n) is 17.2. The quantitative estimate of drug-likeness (QED) is 0.369. The van der Waals surface area contributed by atoms with Crippen LogP contribution in [0.4, 0.5) is 17.2 Å². The molecule has 2 heterocycles. The van der Waals surface area contributed by atoms with Gasteiger partial charge in [0.2, 0.25) is 0 Å². The number of H-pyrrole nitrogens is 1. The lowest BCUT2D eigenvalue weighted by atomic mass is 9.95. The van der Waals surface area contributed by atoms with Crippen LogP contribution in [0.3, 0.4) is 0 Å². The second kappa shape index (κ2) is 8.48. The van der Waals surface area contributed by atoms with E-state index >= 15 is 0 Å². The summed E-state index contributed by atoms with van der Waals surface area (Å²) < 4.78 is 0. The molecule has 0 atom stereocenters. The van der Waals surface area contributed by atoms with Gasteiger partial charge < -0.3 is 15.6 Å². The van der Waals surface area contributed by atoms with Crippen LogP contribution in [-0.2, 0) is 13.0 Å². The number of Topliss-reactive ketones (excluding diaryl/α,β-unsaturated/α-hetero) is 1. The number of carbonyl (C=O) groups excluding carboxylic acids is 1. The van der Waals surface area contributed by atoms with Crippen LogP contribution < -0.4 is 10.6 Å². The third-order valence-electron chi connectivity index (χ3n) is 5.60. The molecule has 0 saturated carbocycles. The SMILES string of the molecule is O=C1CCCc2[nH]c(-c3ccnc(NCc4ccccc4)c3)c(Nc3ccccc3)c21. The van der Waals surface area contributed by atoms with Gasteiger partial charge in [-0.25, -0.2) is 4.98 Å². The predicted molar refractivity (Wildman–Crippen MR) is 125 cm³/mol. The summed E-state index contributed by atoms with van der Waals surface area (Å²) in [6.45, 7) is 0.701. The normalized spacial score (nSPS) is 13.0. The molecule has 0 unspecified atom stereocenters. The van der Waals surface area contributed by atoms with Crippen LogP contribution in [0, 0.1) is 0 Å². The van der Waals surface area contributed by atoms with Gasteiger partial charge >= 0.3 is 0 Å². The lowest BCUT2D eigenvalue weighted by Gasteiger charge is -2.14. The number of benzene rings is 2. The van der Waals surface area contributed by atoms with Crippen molar-refractivity contribution >= 4 is 23.0 Å². The number of ketones is 1. The number of carbonyl (C=O) groups is 1. The highest BCUT2D eigenvalue weighted by atomic mass is 16.1. The van der Waals surface area contributed by atoms with Gasteiger partial charge in [-0.2, -0.15) is 0 Å². The van der Waals surface area contributed by atoms with Crippen LogP contribution in [-0.4, -0.2) is 15.8 Å². The topological polar surface area (TPSA) is 69.8 Å². The molecule has 0 fully saturated rings. The van der Waals surface area contributed by atoms with E-state index < -0.39 is 0 Å². The van der Waals surface area contributed by atoms with Gasteiger partial charge in [-0.1, -0.05) is 48.5 Å². The summed E-state index contributed by atoms with van der Waals surface area (Å²) in [5, 5.41) is 6.89. The fraction of sp³-hybridized carbons (Fsp3) is 0.154. The summed E-state index contributed by atoms with van der Waals surface area (Å²) in [6.07, 6.45) is 4.16. The zero-order valence-corrected chi connectivity index (χ0v) is 17.2. The molecule has 3 N–H and O–H groups in total. The van der Waals surface area contributed by atoms with Crippen molar-refractivity contribution in [1.29, 1.82) is 0 Å². The monoisotopic (exact) mass is 408 g/mol. The van der Waals surface area contributed by atoms with Crippen molar-refractivity contribution in [2.75, 3.05) is 10.6 Å². The van der Waals surface area contributed by atoms with Crippen molar-refractivity contribution in [2.45, 2.75) is 25.8 Å². The maximum Gasteiger partial charge on any atom is 0.166 e.